The minimum absolute atomic E-state index is 0.0757. The van der Waals surface area contributed by atoms with Gasteiger partial charge in [-0.05, 0) is 38.9 Å². The van der Waals surface area contributed by atoms with Gasteiger partial charge in [-0.2, -0.15) is 5.10 Å². The van der Waals surface area contributed by atoms with Crippen molar-refractivity contribution in [3.05, 3.63) is 16.8 Å². The Morgan fingerprint density at radius 1 is 1.33 bits per heavy atom. The Kier molecular flexibility index (Phi) is 4.77. The highest BCUT2D eigenvalue weighted by Crippen LogP contribution is 2.26. The van der Waals surface area contributed by atoms with Gasteiger partial charge in [0, 0.05) is 19.1 Å². The van der Waals surface area contributed by atoms with Crippen LogP contribution in [0.1, 0.15) is 37.1 Å². The highest BCUT2D eigenvalue weighted by molar-refractivity contribution is 6.01. The number of amidine groups is 1. The Morgan fingerprint density at radius 2 is 2.00 bits per heavy atom. The molecule has 0 aromatic carbocycles. The summed E-state index contributed by atoms with van der Waals surface area (Å²) < 4.78 is 0. The predicted molar refractivity (Wildman–Crippen MR) is 86.1 cm³/mol. The highest BCUT2D eigenvalue weighted by Gasteiger charge is 2.29. The molecule has 116 valence electrons. The van der Waals surface area contributed by atoms with Crippen LogP contribution in [0.5, 0.6) is 0 Å². The molecule has 0 bridgehead atoms. The SMILES string of the molecule is CCN(CC)C1CCN(c2nnc(C)c(C)c2C(=N)N)C1. The van der Waals surface area contributed by atoms with E-state index in [-0.39, 0.29) is 5.84 Å². The molecule has 1 atom stereocenters. The lowest BCUT2D eigenvalue weighted by Crippen LogP contribution is -2.38. The first-order chi connectivity index (χ1) is 9.99. The topological polar surface area (TPSA) is 82.1 Å². The Balaban J connectivity index is 2.28. The number of nitrogens with one attached hydrogen (secondary N) is 1. The first-order valence-corrected chi connectivity index (χ1v) is 7.66. The van der Waals surface area contributed by atoms with Gasteiger partial charge < -0.3 is 10.6 Å². The van der Waals surface area contributed by atoms with E-state index < -0.39 is 0 Å². The van der Waals surface area contributed by atoms with E-state index in [0.717, 1.165) is 55.2 Å². The Labute approximate surface area is 126 Å². The number of aryl methyl sites for hydroxylation is 1. The average Bonchev–Trinajstić information content (AvgIpc) is 2.92. The third kappa shape index (κ3) is 3.00. The number of nitrogen functional groups attached to an aromatic ring is 1. The first kappa shape index (κ1) is 15.7. The van der Waals surface area contributed by atoms with Crippen molar-refractivity contribution < 1.29 is 0 Å². The van der Waals surface area contributed by atoms with Crippen molar-refractivity contribution >= 4 is 11.7 Å². The van der Waals surface area contributed by atoms with Gasteiger partial charge in [-0.15, -0.1) is 5.10 Å². The van der Waals surface area contributed by atoms with E-state index in [2.05, 4.69) is 33.8 Å². The molecule has 3 N–H and O–H groups in total. The van der Waals surface area contributed by atoms with Crippen molar-refractivity contribution in [2.24, 2.45) is 5.73 Å². The predicted octanol–water partition coefficient (Wildman–Crippen LogP) is 1.30. The number of nitrogens with two attached hydrogens (primary N) is 1. The fourth-order valence-electron chi connectivity index (χ4n) is 3.11. The number of rotatable bonds is 5. The van der Waals surface area contributed by atoms with Crippen molar-refractivity contribution in [2.75, 3.05) is 31.1 Å². The molecule has 1 unspecified atom stereocenters. The number of aromatic nitrogens is 2. The van der Waals surface area contributed by atoms with Crippen LogP contribution in [-0.2, 0) is 0 Å². The molecule has 0 amide bonds. The Hall–Kier alpha value is -1.69. The van der Waals surface area contributed by atoms with Gasteiger partial charge in [-0.3, -0.25) is 10.3 Å². The number of hydrogen-bond acceptors (Lipinski definition) is 5. The zero-order chi connectivity index (χ0) is 15.6. The lowest BCUT2D eigenvalue weighted by molar-refractivity contribution is 0.232. The maximum Gasteiger partial charge on any atom is 0.162 e. The van der Waals surface area contributed by atoms with Crippen LogP contribution in [0.2, 0.25) is 0 Å². The minimum atomic E-state index is 0.0757. The molecule has 21 heavy (non-hydrogen) atoms. The Bertz CT molecular complexity index is 523. The summed E-state index contributed by atoms with van der Waals surface area (Å²) in [5.74, 6) is 0.840. The summed E-state index contributed by atoms with van der Waals surface area (Å²) in [6.45, 7) is 12.3. The van der Waals surface area contributed by atoms with E-state index in [1.54, 1.807) is 0 Å². The molecule has 1 aromatic rings. The zero-order valence-corrected chi connectivity index (χ0v) is 13.5. The normalized spacial score (nSPS) is 18.5. The molecule has 2 heterocycles. The highest BCUT2D eigenvalue weighted by atomic mass is 15.3. The molecule has 0 saturated carbocycles. The van der Waals surface area contributed by atoms with E-state index in [9.17, 15) is 0 Å². The van der Waals surface area contributed by atoms with E-state index in [1.807, 2.05) is 13.8 Å². The summed E-state index contributed by atoms with van der Waals surface area (Å²) in [5.41, 5.74) is 8.31. The third-order valence-electron chi connectivity index (χ3n) is 4.50. The van der Waals surface area contributed by atoms with Crippen LogP contribution in [0.3, 0.4) is 0 Å². The van der Waals surface area contributed by atoms with Crippen LogP contribution in [0.15, 0.2) is 0 Å². The molecule has 0 radical (unpaired) electrons. The smallest absolute Gasteiger partial charge is 0.162 e. The van der Waals surface area contributed by atoms with Crippen molar-refractivity contribution in [3.8, 4) is 0 Å². The molecule has 6 heteroatoms. The van der Waals surface area contributed by atoms with Gasteiger partial charge in [0.05, 0.1) is 11.3 Å². The van der Waals surface area contributed by atoms with Crippen LogP contribution in [0.25, 0.3) is 0 Å². The summed E-state index contributed by atoms with van der Waals surface area (Å²) in [4.78, 5) is 4.70. The first-order valence-electron chi connectivity index (χ1n) is 7.66. The van der Waals surface area contributed by atoms with Crippen LogP contribution in [0.4, 0.5) is 5.82 Å². The summed E-state index contributed by atoms with van der Waals surface area (Å²) in [6.07, 6.45) is 1.12. The summed E-state index contributed by atoms with van der Waals surface area (Å²) >= 11 is 0. The van der Waals surface area contributed by atoms with Crippen LogP contribution >= 0.6 is 0 Å². The maximum atomic E-state index is 7.86. The van der Waals surface area contributed by atoms with Gasteiger partial charge in [0.2, 0.25) is 0 Å². The van der Waals surface area contributed by atoms with Crippen LogP contribution in [-0.4, -0.2) is 53.2 Å². The number of hydrogen-bond donors (Lipinski definition) is 2. The molecule has 1 aromatic heterocycles. The molecule has 1 saturated heterocycles. The largest absolute Gasteiger partial charge is 0.384 e. The average molecular weight is 290 g/mol. The lowest BCUT2D eigenvalue weighted by atomic mass is 10.1. The zero-order valence-electron chi connectivity index (χ0n) is 13.5. The number of nitrogens with zero attached hydrogens (tertiary/aromatic N) is 4. The standard InChI is InChI=1S/C15H26N6/c1-5-20(6-2)12-7-8-21(9-12)15-13(14(16)17)10(3)11(4)18-19-15/h12H,5-9H2,1-4H3,(H3,16,17). The van der Waals surface area contributed by atoms with Crippen molar-refractivity contribution in [3.63, 3.8) is 0 Å². The van der Waals surface area contributed by atoms with Crippen molar-refractivity contribution in [1.82, 2.24) is 15.1 Å². The van der Waals surface area contributed by atoms with Gasteiger partial charge >= 0.3 is 0 Å². The fourth-order valence-corrected chi connectivity index (χ4v) is 3.11. The second-order valence-electron chi connectivity index (χ2n) is 5.63. The van der Waals surface area contributed by atoms with Crippen molar-refractivity contribution in [2.45, 2.75) is 40.2 Å². The molecule has 0 aliphatic carbocycles. The molecule has 6 nitrogen and oxygen atoms in total. The van der Waals surface area contributed by atoms with E-state index in [4.69, 9.17) is 11.1 Å². The van der Waals surface area contributed by atoms with Crippen molar-refractivity contribution in [1.29, 1.82) is 5.41 Å². The quantitative estimate of drug-likeness (QED) is 0.631. The molecule has 0 spiro atoms. The summed E-state index contributed by atoms with van der Waals surface area (Å²) in [5, 5.41) is 16.4. The molecule has 1 fully saturated rings. The maximum absolute atomic E-state index is 7.86. The van der Waals surface area contributed by atoms with Crippen LogP contribution < -0.4 is 10.6 Å². The molecule has 1 aliphatic rings. The second-order valence-corrected chi connectivity index (χ2v) is 5.63. The van der Waals surface area contributed by atoms with Gasteiger partial charge in [0.15, 0.2) is 5.82 Å². The van der Waals surface area contributed by atoms with Crippen LogP contribution in [0, 0.1) is 19.3 Å². The van der Waals surface area contributed by atoms with E-state index >= 15 is 0 Å². The number of likely N-dealkylation sites (N-methyl/N-ethyl adjacent to an activating group) is 1. The molecular formula is C15H26N6. The van der Waals surface area contributed by atoms with Gasteiger partial charge in [-0.25, -0.2) is 0 Å². The monoisotopic (exact) mass is 290 g/mol. The molecule has 1 aliphatic heterocycles. The fraction of sp³-hybridized carbons (Fsp3) is 0.667. The lowest BCUT2D eigenvalue weighted by Gasteiger charge is -2.27. The van der Waals surface area contributed by atoms with Gasteiger partial charge in [-0.1, -0.05) is 13.8 Å². The Morgan fingerprint density at radius 3 is 2.57 bits per heavy atom. The summed E-state index contributed by atoms with van der Waals surface area (Å²) in [7, 11) is 0. The number of anilines is 1. The van der Waals surface area contributed by atoms with Gasteiger partial charge in [0.1, 0.15) is 5.84 Å². The molecule has 2 rings (SSSR count). The minimum Gasteiger partial charge on any atom is -0.384 e. The molecular weight excluding hydrogens is 264 g/mol. The van der Waals surface area contributed by atoms with Gasteiger partial charge in [0.25, 0.3) is 0 Å². The van der Waals surface area contributed by atoms with E-state index in [1.165, 1.54) is 0 Å². The van der Waals surface area contributed by atoms with E-state index in [0.29, 0.717) is 6.04 Å². The third-order valence-corrected chi connectivity index (χ3v) is 4.50. The summed E-state index contributed by atoms with van der Waals surface area (Å²) in [6, 6.07) is 0.545. The second kappa shape index (κ2) is 6.39.